The Labute approximate surface area is 179 Å². The molecule has 0 fully saturated rings. The molecule has 3 aromatic carbocycles. The molecule has 0 radical (unpaired) electrons. The molecule has 0 saturated carbocycles. The fourth-order valence-corrected chi connectivity index (χ4v) is 3.43. The van der Waals surface area contributed by atoms with E-state index in [4.69, 9.17) is 16.1 Å². The zero-order chi connectivity index (χ0) is 20.9. The summed E-state index contributed by atoms with van der Waals surface area (Å²) in [7, 11) is 0. The maximum Gasteiger partial charge on any atom is 0.253 e. The highest BCUT2D eigenvalue weighted by Gasteiger charge is 2.23. The Morgan fingerprint density at radius 1 is 1.03 bits per heavy atom. The Morgan fingerprint density at radius 3 is 2.57 bits per heavy atom. The van der Waals surface area contributed by atoms with Crippen LogP contribution in [0.25, 0.3) is 11.4 Å². The summed E-state index contributed by atoms with van der Waals surface area (Å²) in [6, 6.07) is 24.1. The summed E-state index contributed by atoms with van der Waals surface area (Å²) in [5.74, 6) is 0.534. The van der Waals surface area contributed by atoms with Gasteiger partial charge in [0.1, 0.15) is 6.04 Å². The Morgan fingerprint density at radius 2 is 1.80 bits per heavy atom. The van der Waals surface area contributed by atoms with Crippen LogP contribution in [-0.4, -0.2) is 16.0 Å². The Bertz CT molecular complexity index is 1160. The zero-order valence-corrected chi connectivity index (χ0v) is 17.1. The third-order valence-electron chi connectivity index (χ3n) is 4.72. The van der Waals surface area contributed by atoms with Crippen molar-refractivity contribution in [3.8, 4) is 11.4 Å². The molecule has 150 valence electrons. The minimum atomic E-state index is -0.498. The van der Waals surface area contributed by atoms with E-state index in [1.807, 2.05) is 61.5 Å². The molecule has 0 aliphatic rings. The fourth-order valence-electron chi connectivity index (χ4n) is 3.21. The van der Waals surface area contributed by atoms with E-state index in [0.29, 0.717) is 28.7 Å². The van der Waals surface area contributed by atoms with Crippen molar-refractivity contribution >= 4 is 17.5 Å². The lowest BCUT2D eigenvalue weighted by atomic mass is 10.1. The van der Waals surface area contributed by atoms with Crippen LogP contribution in [0.5, 0.6) is 0 Å². The summed E-state index contributed by atoms with van der Waals surface area (Å²) in [6.07, 6.45) is 0.506. The van der Waals surface area contributed by atoms with Gasteiger partial charge < -0.3 is 9.84 Å². The van der Waals surface area contributed by atoms with E-state index in [0.717, 1.165) is 16.7 Å². The lowest BCUT2D eigenvalue weighted by Crippen LogP contribution is -2.30. The smallest absolute Gasteiger partial charge is 0.253 e. The van der Waals surface area contributed by atoms with Crippen LogP contribution in [0, 0.1) is 6.92 Å². The Hall–Kier alpha value is -3.44. The highest BCUT2D eigenvalue weighted by Crippen LogP contribution is 2.23. The van der Waals surface area contributed by atoms with Crippen molar-refractivity contribution in [2.45, 2.75) is 19.4 Å². The van der Waals surface area contributed by atoms with Crippen molar-refractivity contribution in [1.29, 1.82) is 0 Å². The predicted octanol–water partition coefficient (Wildman–Crippen LogP) is 5.41. The van der Waals surface area contributed by atoms with Gasteiger partial charge in [-0.15, -0.1) is 0 Å². The van der Waals surface area contributed by atoms with Crippen LogP contribution in [0.2, 0.25) is 5.02 Å². The summed E-state index contributed by atoms with van der Waals surface area (Å²) in [6.45, 7) is 2.01. The number of amides is 1. The van der Waals surface area contributed by atoms with Crippen LogP contribution in [-0.2, 0) is 6.42 Å². The Kier molecular flexibility index (Phi) is 5.91. The Balaban J connectivity index is 1.64. The molecule has 5 nitrogen and oxygen atoms in total. The van der Waals surface area contributed by atoms with E-state index >= 15 is 0 Å². The number of carbonyl (C=O) groups excluding carboxylic acids is 1. The first-order valence-corrected chi connectivity index (χ1v) is 9.98. The molecular formula is C24H20ClN3O2. The molecule has 0 unspecified atom stereocenters. The molecule has 0 aliphatic heterocycles. The van der Waals surface area contributed by atoms with E-state index < -0.39 is 6.04 Å². The number of hydrogen-bond acceptors (Lipinski definition) is 4. The van der Waals surface area contributed by atoms with Gasteiger partial charge >= 0.3 is 0 Å². The van der Waals surface area contributed by atoms with Crippen LogP contribution in [0.1, 0.15) is 33.4 Å². The molecule has 1 aromatic heterocycles. The van der Waals surface area contributed by atoms with Crippen molar-refractivity contribution in [1.82, 2.24) is 15.5 Å². The van der Waals surface area contributed by atoms with Gasteiger partial charge in [0, 0.05) is 12.0 Å². The second-order valence-electron chi connectivity index (χ2n) is 7.02. The van der Waals surface area contributed by atoms with Gasteiger partial charge in [-0.05, 0) is 30.7 Å². The molecular weight excluding hydrogens is 398 g/mol. The summed E-state index contributed by atoms with van der Waals surface area (Å²) in [5.41, 5.74) is 3.40. The molecule has 4 rings (SSSR count). The molecule has 0 aliphatic carbocycles. The van der Waals surface area contributed by atoms with Gasteiger partial charge in [0.25, 0.3) is 5.91 Å². The van der Waals surface area contributed by atoms with E-state index in [-0.39, 0.29) is 5.91 Å². The van der Waals surface area contributed by atoms with Crippen LogP contribution in [0.4, 0.5) is 0 Å². The van der Waals surface area contributed by atoms with Crippen LogP contribution in [0.3, 0.4) is 0 Å². The summed E-state index contributed by atoms with van der Waals surface area (Å²) < 4.78 is 5.55. The molecule has 1 N–H and O–H groups in total. The number of nitrogens with zero attached hydrogens (tertiary/aromatic N) is 2. The number of aromatic nitrogens is 2. The number of halogens is 1. The molecule has 0 saturated heterocycles. The lowest BCUT2D eigenvalue weighted by Gasteiger charge is -2.16. The lowest BCUT2D eigenvalue weighted by molar-refractivity contribution is 0.0928. The van der Waals surface area contributed by atoms with Crippen LogP contribution in [0.15, 0.2) is 83.4 Å². The van der Waals surface area contributed by atoms with Crippen molar-refractivity contribution in [2.24, 2.45) is 0 Å². The minimum Gasteiger partial charge on any atom is -0.340 e. The van der Waals surface area contributed by atoms with Crippen molar-refractivity contribution in [3.05, 3.63) is 106 Å². The van der Waals surface area contributed by atoms with Crippen molar-refractivity contribution in [3.63, 3.8) is 0 Å². The molecule has 30 heavy (non-hydrogen) atoms. The van der Waals surface area contributed by atoms with Gasteiger partial charge in [0.05, 0.1) is 10.6 Å². The van der Waals surface area contributed by atoms with Crippen LogP contribution >= 0.6 is 11.6 Å². The molecule has 1 heterocycles. The fraction of sp³-hybridized carbons (Fsp3) is 0.125. The summed E-state index contributed by atoms with van der Waals surface area (Å²) in [5, 5.41) is 7.51. The first kappa shape index (κ1) is 19.9. The zero-order valence-electron chi connectivity index (χ0n) is 16.4. The largest absolute Gasteiger partial charge is 0.340 e. The second kappa shape index (κ2) is 8.93. The maximum absolute atomic E-state index is 12.9. The number of hydrogen-bond donors (Lipinski definition) is 1. The standard InChI is InChI=1S/C24H20ClN3O2/c1-16-8-7-11-18(14-16)22-27-24(30-28-22)21(15-17-9-3-2-4-10-17)26-23(29)19-12-5-6-13-20(19)25/h2-14,21H,15H2,1H3,(H,26,29)/t21-/m0/s1. The van der Waals surface area contributed by atoms with E-state index in [1.54, 1.807) is 24.3 Å². The number of aryl methyl sites for hydroxylation is 1. The summed E-state index contributed by atoms with van der Waals surface area (Å²) in [4.78, 5) is 17.4. The number of rotatable bonds is 6. The van der Waals surface area contributed by atoms with Crippen LogP contribution < -0.4 is 5.32 Å². The monoisotopic (exact) mass is 417 g/mol. The summed E-state index contributed by atoms with van der Waals surface area (Å²) >= 11 is 6.20. The van der Waals surface area contributed by atoms with Gasteiger partial charge in [0.2, 0.25) is 11.7 Å². The predicted molar refractivity (Wildman–Crippen MR) is 116 cm³/mol. The molecule has 0 bridgehead atoms. The SMILES string of the molecule is Cc1cccc(-c2noc([C@H](Cc3ccccc3)NC(=O)c3ccccc3Cl)n2)c1. The maximum atomic E-state index is 12.9. The molecule has 4 aromatic rings. The average molecular weight is 418 g/mol. The minimum absolute atomic E-state index is 0.295. The van der Waals surface area contributed by atoms with Gasteiger partial charge in [-0.2, -0.15) is 4.98 Å². The van der Waals surface area contributed by atoms with E-state index in [9.17, 15) is 4.79 Å². The van der Waals surface area contributed by atoms with Gasteiger partial charge in [-0.3, -0.25) is 4.79 Å². The van der Waals surface area contributed by atoms with Gasteiger partial charge in [0.15, 0.2) is 0 Å². The number of carbonyl (C=O) groups is 1. The van der Waals surface area contributed by atoms with Gasteiger partial charge in [-0.1, -0.05) is 83.0 Å². The number of benzene rings is 3. The quantitative estimate of drug-likeness (QED) is 0.455. The molecule has 1 atom stereocenters. The average Bonchev–Trinajstić information content (AvgIpc) is 3.25. The third kappa shape index (κ3) is 4.58. The van der Waals surface area contributed by atoms with Gasteiger partial charge in [-0.25, -0.2) is 0 Å². The molecule has 1 amide bonds. The second-order valence-corrected chi connectivity index (χ2v) is 7.43. The molecule has 6 heteroatoms. The first-order valence-electron chi connectivity index (χ1n) is 9.60. The van der Waals surface area contributed by atoms with E-state index in [1.165, 1.54) is 0 Å². The third-order valence-corrected chi connectivity index (χ3v) is 5.05. The topological polar surface area (TPSA) is 68.0 Å². The number of nitrogens with one attached hydrogen (secondary N) is 1. The van der Waals surface area contributed by atoms with Crippen molar-refractivity contribution in [2.75, 3.05) is 0 Å². The first-order chi connectivity index (χ1) is 14.6. The molecule has 0 spiro atoms. The normalized spacial score (nSPS) is 11.8. The highest BCUT2D eigenvalue weighted by atomic mass is 35.5. The highest BCUT2D eigenvalue weighted by molar-refractivity contribution is 6.33. The van der Waals surface area contributed by atoms with Crippen molar-refractivity contribution < 1.29 is 9.32 Å². The van der Waals surface area contributed by atoms with E-state index in [2.05, 4.69) is 15.5 Å².